The molecule has 1 aromatic rings. The second kappa shape index (κ2) is 8.57. The van der Waals surface area contributed by atoms with Gasteiger partial charge in [-0.2, -0.15) is 0 Å². The van der Waals surface area contributed by atoms with Gasteiger partial charge >= 0.3 is 0 Å². The van der Waals surface area contributed by atoms with Gasteiger partial charge in [0.25, 0.3) is 0 Å². The molecule has 1 rings (SSSR count). The second-order valence-corrected chi connectivity index (χ2v) is 5.13. The van der Waals surface area contributed by atoms with E-state index < -0.39 is 0 Å². The molecule has 0 spiro atoms. The van der Waals surface area contributed by atoms with E-state index in [-0.39, 0.29) is 0 Å². The van der Waals surface area contributed by atoms with Crippen molar-refractivity contribution in [2.24, 2.45) is 5.92 Å². The minimum atomic E-state index is 0.606. The van der Waals surface area contributed by atoms with E-state index in [4.69, 9.17) is 4.74 Å². The van der Waals surface area contributed by atoms with Gasteiger partial charge in [0.15, 0.2) is 0 Å². The van der Waals surface area contributed by atoms with Crippen LogP contribution in [0.15, 0.2) is 24.3 Å². The zero-order valence-electron chi connectivity index (χ0n) is 10.9. The summed E-state index contributed by atoms with van der Waals surface area (Å²) < 4.78 is 5.78. The SMILES string of the molecule is CCCCc1ccc(OCC(CC)CBr)cc1. The summed E-state index contributed by atoms with van der Waals surface area (Å²) in [6, 6.07) is 8.54. The van der Waals surface area contributed by atoms with Gasteiger partial charge in [-0.25, -0.2) is 0 Å². The Hall–Kier alpha value is -0.500. The highest BCUT2D eigenvalue weighted by Gasteiger charge is 2.05. The fourth-order valence-corrected chi connectivity index (χ4v) is 2.26. The molecule has 0 saturated carbocycles. The summed E-state index contributed by atoms with van der Waals surface area (Å²) >= 11 is 3.51. The Bertz CT molecular complexity index is 290. The van der Waals surface area contributed by atoms with E-state index in [0.29, 0.717) is 5.92 Å². The van der Waals surface area contributed by atoms with Crippen LogP contribution in [0, 0.1) is 5.92 Å². The summed E-state index contributed by atoms with van der Waals surface area (Å²) in [5.41, 5.74) is 1.41. The highest BCUT2D eigenvalue weighted by molar-refractivity contribution is 9.09. The van der Waals surface area contributed by atoms with Crippen LogP contribution in [0.5, 0.6) is 5.75 Å². The van der Waals surface area contributed by atoms with E-state index in [1.54, 1.807) is 0 Å². The number of halogens is 1. The van der Waals surface area contributed by atoms with Crippen LogP contribution in [-0.4, -0.2) is 11.9 Å². The second-order valence-electron chi connectivity index (χ2n) is 4.49. The molecule has 0 fully saturated rings. The number of ether oxygens (including phenoxy) is 1. The van der Waals surface area contributed by atoms with Crippen LogP contribution in [0.2, 0.25) is 0 Å². The van der Waals surface area contributed by atoms with E-state index in [1.807, 2.05) is 0 Å². The van der Waals surface area contributed by atoms with Gasteiger partial charge < -0.3 is 4.74 Å². The zero-order valence-corrected chi connectivity index (χ0v) is 12.5. The minimum absolute atomic E-state index is 0.606. The summed E-state index contributed by atoms with van der Waals surface area (Å²) in [7, 11) is 0. The smallest absolute Gasteiger partial charge is 0.119 e. The molecular weight excluding hydrogens is 276 g/mol. The van der Waals surface area contributed by atoms with Crippen molar-refractivity contribution in [3.8, 4) is 5.75 Å². The third-order valence-corrected chi connectivity index (χ3v) is 3.94. The largest absolute Gasteiger partial charge is 0.493 e. The lowest BCUT2D eigenvalue weighted by Gasteiger charge is -2.13. The van der Waals surface area contributed by atoms with Crippen LogP contribution in [0.3, 0.4) is 0 Å². The monoisotopic (exact) mass is 298 g/mol. The van der Waals surface area contributed by atoms with E-state index >= 15 is 0 Å². The van der Waals surface area contributed by atoms with Crippen LogP contribution < -0.4 is 4.74 Å². The van der Waals surface area contributed by atoms with Gasteiger partial charge in [-0.15, -0.1) is 0 Å². The molecule has 0 heterocycles. The molecule has 1 unspecified atom stereocenters. The summed E-state index contributed by atoms with van der Waals surface area (Å²) in [5.74, 6) is 1.60. The lowest BCUT2D eigenvalue weighted by Crippen LogP contribution is -2.12. The summed E-state index contributed by atoms with van der Waals surface area (Å²) in [6.07, 6.45) is 4.85. The average molecular weight is 299 g/mol. The number of aryl methyl sites for hydroxylation is 1. The molecule has 96 valence electrons. The Morgan fingerprint density at radius 1 is 1.18 bits per heavy atom. The van der Waals surface area contributed by atoms with Gasteiger partial charge in [0.1, 0.15) is 5.75 Å². The lowest BCUT2D eigenvalue weighted by molar-refractivity contribution is 0.260. The Labute approximate surface area is 114 Å². The number of alkyl halides is 1. The number of benzene rings is 1. The van der Waals surface area contributed by atoms with Crippen molar-refractivity contribution in [1.82, 2.24) is 0 Å². The van der Waals surface area contributed by atoms with Gasteiger partial charge in [-0.3, -0.25) is 0 Å². The Morgan fingerprint density at radius 3 is 2.41 bits per heavy atom. The first-order valence-corrected chi connectivity index (χ1v) is 7.70. The summed E-state index contributed by atoms with van der Waals surface area (Å²) in [6.45, 7) is 5.22. The van der Waals surface area contributed by atoms with Crippen molar-refractivity contribution in [2.75, 3.05) is 11.9 Å². The molecule has 0 bridgehead atoms. The third kappa shape index (κ3) is 5.58. The Kier molecular flexibility index (Phi) is 7.34. The fourth-order valence-electron chi connectivity index (χ4n) is 1.62. The van der Waals surface area contributed by atoms with Crippen LogP contribution in [0.25, 0.3) is 0 Å². The van der Waals surface area contributed by atoms with Crippen molar-refractivity contribution in [3.63, 3.8) is 0 Å². The fraction of sp³-hybridized carbons (Fsp3) is 0.600. The van der Waals surface area contributed by atoms with E-state index in [0.717, 1.165) is 24.1 Å². The summed E-state index contributed by atoms with van der Waals surface area (Å²) in [5, 5.41) is 1.01. The van der Waals surface area contributed by atoms with E-state index in [2.05, 4.69) is 54.0 Å². The first-order valence-electron chi connectivity index (χ1n) is 6.57. The van der Waals surface area contributed by atoms with Crippen LogP contribution in [0.1, 0.15) is 38.7 Å². The highest BCUT2D eigenvalue weighted by atomic mass is 79.9. The molecule has 0 amide bonds. The van der Waals surface area contributed by atoms with Gasteiger partial charge in [-0.1, -0.05) is 48.3 Å². The van der Waals surface area contributed by atoms with Crippen molar-refractivity contribution >= 4 is 15.9 Å². The molecule has 0 saturated heterocycles. The summed E-state index contributed by atoms with van der Waals surface area (Å²) in [4.78, 5) is 0. The molecule has 0 aliphatic rings. The molecule has 1 atom stereocenters. The first kappa shape index (κ1) is 14.6. The molecule has 0 aromatic heterocycles. The molecule has 0 aliphatic heterocycles. The zero-order chi connectivity index (χ0) is 12.5. The quantitative estimate of drug-likeness (QED) is 0.625. The van der Waals surface area contributed by atoms with Gasteiger partial charge in [0, 0.05) is 11.2 Å². The van der Waals surface area contributed by atoms with Crippen LogP contribution in [-0.2, 0) is 6.42 Å². The number of unbranched alkanes of at least 4 members (excludes halogenated alkanes) is 1. The lowest BCUT2D eigenvalue weighted by atomic mass is 10.1. The van der Waals surface area contributed by atoms with Gasteiger partial charge in [-0.05, 0) is 37.0 Å². The van der Waals surface area contributed by atoms with E-state index in [1.165, 1.54) is 24.8 Å². The molecule has 0 aliphatic carbocycles. The third-order valence-electron chi connectivity index (χ3n) is 3.02. The number of rotatable bonds is 8. The van der Waals surface area contributed by atoms with Gasteiger partial charge in [0.2, 0.25) is 0 Å². The molecule has 0 N–H and O–H groups in total. The van der Waals surface area contributed by atoms with Gasteiger partial charge in [0.05, 0.1) is 6.61 Å². The average Bonchev–Trinajstić information content (AvgIpc) is 2.39. The first-order chi connectivity index (χ1) is 8.30. The maximum atomic E-state index is 5.78. The number of hydrogen-bond donors (Lipinski definition) is 0. The molecular formula is C15H23BrO. The molecule has 0 radical (unpaired) electrons. The predicted molar refractivity (Wildman–Crippen MR) is 78.1 cm³/mol. The van der Waals surface area contributed by atoms with Crippen LogP contribution in [0.4, 0.5) is 0 Å². The predicted octanol–water partition coefficient (Wildman–Crippen LogP) is 4.83. The van der Waals surface area contributed by atoms with Crippen molar-refractivity contribution < 1.29 is 4.74 Å². The number of hydrogen-bond acceptors (Lipinski definition) is 1. The van der Waals surface area contributed by atoms with Crippen molar-refractivity contribution in [1.29, 1.82) is 0 Å². The van der Waals surface area contributed by atoms with Crippen molar-refractivity contribution in [3.05, 3.63) is 29.8 Å². The topological polar surface area (TPSA) is 9.23 Å². The normalized spacial score (nSPS) is 12.4. The maximum Gasteiger partial charge on any atom is 0.119 e. The highest BCUT2D eigenvalue weighted by Crippen LogP contribution is 2.16. The Morgan fingerprint density at radius 2 is 1.88 bits per heavy atom. The maximum absolute atomic E-state index is 5.78. The Balaban J connectivity index is 2.39. The molecule has 2 heteroatoms. The minimum Gasteiger partial charge on any atom is -0.493 e. The van der Waals surface area contributed by atoms with Crippen LogP contribution >= 0.6 is 15.9 Å². The standard InChI is InChI=1S/C15H23BrO/c1-3-5-6-14-7-9-15(10-8-14)17-12-13(4-2)11-16/h7-10,13H,3-6,11-12H2,1-2H3. The molecule has 1 aromatic carbocycles. The molecule has 17 heavy (non-hydrogen) atoms. The van der Waals surface area contributed by atoms with E-state index in [9.17, 15) is 0 Å². The molecule has 1 nitrogen and oxygen atoms in total. The van der Waals surface area contributed by atoms with Crippen molar-refractivity contribution in [2.45, 2.75) is 39.5 Å².